The van der Waals surface area contributed by atoms with Crippen LogP contribution >= 0.6 is 11.6 Å². The lowest BCUT2D eigenvalue weighted by Gasteiger charge is -2.14. The molecule has 0 saturated heterocycles. The maximum absolute atomic E-state index is 6.13. The number of aromatic nitrogens is 1. The second-order valence-corrected chi connectivity index (χ2v) is 4.91. The van der Waals surface area contributed by atoms with Crippen LogP contribution in [0.25, 0.3) is 22.4 Å². The van der Waals surface area contributed by atoms with Gasteiger partial charge in [0.15, 0.2) is 17.1 Å². The molecule has 0 radical (unpaired) electrons. The standard InChI is InChI=1S/C16H14ClNO4/c1-19-12-5-4-9(14(20-2)16(12)21-3)13-8-11-15(22-13)10(17)6-7-18-11/h4-8H,1-3H3. The van der Waals surface area contributed by atoms with Gasteiger partial charge in [0, 0.05) is 12.3 Å². The zero-order valence-corrected chi connectivity index (χ0v) is 13.1. The molecule has 3 aromatic rings. The zero-order valence-electron chi connectivity index (χ0n) is 12.3. The van der Waals surface area contributed by atoms with E-state index < -0.39 is 0 Å². The minimum atomic E-state index is 0.502. The highest BCUT2D eigenvalue weighted by Gasteiger charge is 2.20. The first-order valence-corrected chi connectivity index (χ1v) is 6.90. The molecular weight excluding hydrogens is 306 g/mol. The zero-order chi connectivity index (χ0) is 15.7. The third-order valence-corrected chi connectivity index (χ3v) is 3.63. The summed E-state index contributed by atoms with van der Waals surface area (Å²) in [6, 6.07) is 7.12. The van der Waals surface area contributed by atoms with Crippen molar-refractivity contribution < 1.29 is 18.6 Å². The molecular formula is C16H14ClNO4. The van der Waals surface area contributed by atoms with Gasteiger partial charge in [0.2, 0.25) is 5.75 Å². The molecule has 0 N–H and O–H groups in total. The van der Waals surface area contributed by atoms with E-state index in [0.717, 1.165) is 5.56 Å². The molecule has 0 spiro atoms. The van der Waals surface area contributed by atoms with Gasteiger partial charge in [-0.2, -0.15) is 0 Å². The maximum atomic E-state index is 6.13. The summed E-state index contributed by atoms with van der Waals surface area (Å²) >= 11 is 6.13. The first kappa shape index (κ1) is 14.5. The largest absolute Gasteiger partial charge is 0.493 e. The normalized spacial score (nSPS) is 10.7. The van der Waals surface area contributed by atoms with Crippen molar-refractivity contribution in [1.29, 1.82) is 0 Å². The number of rotatable bonds is 4. The predicted molar refractivity (Wildman–Crippen MR) is 84.1 cm³/mol. The molecule has 1 aromatic carbocycles. The number of benzene rings is 1. The van der Waals surface area contributed by atoms with Crippen LogP contribution in [0, 0.1) is 0 Å². The number of nitrogens with zero attached hydrogens (tertiary/aromatic N) is 1. The first-order valence-electron chi connectivity index (χ1n) is 6.53. The van der Waals surface area contributed by atoms with Crippen LogP contribution in [0.4, 0.5) is 0 Å². The average Bonchev–Trinajstić information content (AvgIpc) is 2.98. The fourth-order valence-corrected chi connectivity index (χ4v) is 2.53. The Balaban J connectivity index is 2.23. The molecule has 0 saturated carbocycles. The molecule has 0 aliphatic heterocycles. The molecule has 6 heteroatoms. The van der Waals surface area contributed by atoms with Crippen LogP contribution in [-0.4, -0.2) is 26.3 Å². The van der Waals surface area contributed by atoms with E-state index >= 15 is 0 Å². The molecule has 0 fully saturated rings. The molecule has 0 bridgehead atoms. The van der Waals surface area contributed by atoms with Crippen molar-refractivity contribution in [3.8, 4) is 28.6 Å². The molecule has 0 aliphatic carbocycles. The summed E-state index contributed by atoms with van der Waals surface area (Å²) in [5.41, 5.74) is 1.95. The van der Waals surface area contributed by atoms with Gasteiger partial charge >= 0.3 is 0 Å². The van der Waals surface area contributed by atoms with Gasteiger partial charge in [-0.15, -0.1) is 0 Å². The van der Waals surface area contributed by atoms with Gasteiger partial charge in [0.05, 0.1) is 31.9 Å². The number of hydrogen-bond donors (Lipinski definition) is 0. The highest BCUT2D eigenvalue weighted by Crippen LogP contribution is 2.45. The van der Waals surface area contributed by atoms with Crippen LogP contribution in [0.3, 0.4) is 0 Å². The lowest BCUT2D eigenvalue weighted by atomic mass is 10.1. The average molecular weight is 320 g/mol. The molecule has 22 heavy (non-hydrogen) atoms. The number of ether oxygens (including phenoxy) is 3. The van der Waals surface area contributed by atoms with Crippen molar-refractivity contribution >= 4 is 22.7 Å². The lowest BCUT2D eigenvalue weighted by molar-refractivity contribution is 0.325. The van der Waals surface area contributed by atoms with Crippen molar-refractivity contribution in [2.24, 2.45) is 0 Å². The van der Waals surface area contributed by atoms with Gasteiger partial charge < -0.3 is 18.6 Å². The Morgan fingerprint density at radius 2 is 1.77 bits per heavy atom. The fraction of sp³-hybridized carbons (Fsp3) is 0.188. The van der Waals surface area contributed by atoms with E-state index in [-0.39, 0.29) is 0 Å². The van der Waals surface area contributed by atoms with Crippen molar-refractivity contribution in [3.63, 3.8) is 0 Å². The van der Waals surface area contributed by atoms with Gasteiger partial charge in [-0.25, -0.2) is 0 Å². The molecule has 5 nitrogen and oxygen atoms in total. The van der Waals surface area contributed by atoms with Crippen LogP contribution in [-0.2, 0) is 0 Å². The van der Waals surface area contributed by atoms with E-state index in [1.54, 1.807) is 39.7 Å². The quantitative estimate of drug-likeness (QED) is 0.722. The van der Waals surface area contributed by atoms with Gasteiger partial charge in [-0.05, 0) is 18.2 Å². The van der Waals surface area contributed by atoms with E-state index in [1.165, 1.54) is 0 Å². The van der Waals surface area contributed by atoms with E-state index in [9.17, 15) is 0 Å². The van der Waals surface area contributed by atoms with Crippen molar-refractivity contribution in [2.75, 3.05) is 21.3 Å². The highest BCUT2D eigenvalue weighted by atomic mass is 35.5. The lowest BCUT2D eigenvalue weighted by Crippen LogP contribution is -1.96. The summed E-state index contributed by atoms with van der Waals surface area (Å²) in [6.45, 7) is 0. The summed E-state index contributed by atoms with van der Waals surface area (Å²) in [5, 5.41) is 0.510. The third-order valence-electron chi connectivity index (χ3n) is 3.33. The number of fused-ring (bicyclic) bond motifs is 1. The minimum absolute atomic E-state index is 0.502. The topological polar surface area (TPSA) is 53.7 Å². The molecule has 114 valence electrons. The Kier molecular flexibility index (Phi) is 3.81. The third kappa shape index (κ3) is 2.23. The fourth-order valence-electron chi connectivity index (χ4n) is 2.34. The highest BCUT2D eigenvalue weighted by molar-refractivity contribution is 6.34. The predicted octanol–water partition coefficient (Wildman–Crippen LogP) is 4.17. The minimum Gasteiger partial charge on any atom is -0.493 e. The Morgan fingerprint density at radius 1 is 1.00 bits per heavy atom. The maximum Gasteiger partial charge on any atom is 0.204 e. The van der Waals surface area contributed by atoms with Crippen LogP contribution in [0.1, 0.15) is 0 Å². The number of pyridine rings is 1. The molecule has 2 aromatic heterocycles. The Bertz CT molecular complexity index is 828. The van der Waals surface area contributed by atoms with Gasteiger partial charge in [0.1, 0.15) is 11.3 Å². The van der Waals surface area contributed by atoms with Gasteiger partial charge in [0.25, 0.3) is 0 Å². The SMILES string of the molecule is COc1ccc(-c2cc3nccc(Cl)c3o2)c(OC)c1OC. The number of halogens is 1. The second kappa shape index (κ2) is 5.77. The van der Waals surface area contributed by atoms with E-state index in [4.69, 9.17) is 30.2 Å². The number of hydrogen-bond acceptors (Lipinski definition) is 5. The number of furan rings is 1. The second-order valence-electron chi connectivity index (χ2n) is 4.50. The summed E-state index contributed by atoms with van der Waals surface area (Å²) in [7, 11) is 4.69. The van der Waals surface area contributed by atoms with Crippen LogP contribution in [0.5, 0.6) is 17.2 Å². The molecule has 0 unspecified atom stereocenters. The van der Waals surface area contributed by atoms with Crippen molar-refractivity contribution in [2.45, 2.75) is 0 Å². The van der Waals surface area contributed by atoms with Crippen molar-refractivity contribution in [3.05, 3.63) is 35.5 Å². The Morgan fingerprint density at radius 3 is 2.41 bits per heavy atom. The van der Waals surface area contributed by atoms with Crippen LogP contribution in [0.15, 0.2) is 34.9 Å². The van der Waals surface area contributed by atoms with E-state index in [0.29, 0.717) is 39.1 Å². The summed E-state index contributed by atoms with van der Waals surface area (Å²) in [6.07, 6.45) is 1.63. The van der Waals surface area contributed by atoms with Crippen molar-refractivity contribution in [1.82, 2.24) is 4.98 Å². The Labute approximate surface area is 132 Å². The Hall–Kier alpha value is -2.40. The molecule has 0 amide bonds. The summed E-state index contributed by atoms with van der Waals surface area (Å²) in [4.78, 5) is 4.25. The smallest absolute Gasteiger partial charge is 0.204 e. The molecule has 3 rings (SSSR count). The van der Waals surface area contributed by atoms with Crippen LogP contribution in [0.2, 0.25) is 5.02 Å². The summed E-state index contributed by atoms with van der Waals surface area (Å²) < 4.78 is 22.0. The van der Waals surface area contributed by atoms with Gasteiger partial charge in [-0.1, -0.05) is 11.6 Å². The number of methoxy groups -OCH3 is 3. The van der Waals surface area contributed by atoms with E-state index in [2.05, 4.69) is 4.98 Å². The van der Waals surface area contributed by atoms with E-state index in [1.807, 2.05) is 12.1 Å². The summed E-state index contributed by atoms with van der Waals surface area (Å²) in [5.74, 6) is 2.20. The van der Waals surface area contributed by atoms with Gasteiger partial charge in [-0.3, -0.25) is 4.98 Å². The monoisotopic (exact) mass is 319 g/mol. The molecule has 0 aliphatic rings. The first-order chi connectivity index (χ1) is 10.7. The molecule has 2 heterocycles. The molecule has 0 atom stereocenters. The van der Waals surface area contributed by atoms with Crippen LogP contribution < -0.4 is 14.2 Å².